The predicted octanol–water partition coefficient (Wildman–Crippen LogP) is 3.43. The Morgan fingerprint density at radius 2 is 2.12 bits per heavy atom. The summed E-state index contributed by atoms with van der Waals surface area (Å²) >= 11 is 3.70. The van der Waals surface area contributed by atoms with E-state index in [1.807, 2.05) is 4.68 Å². The molecule has 3 nitrogen and oxygen atoms in total. The minimum Gasteiger partial charge on any atom is -0.250 e. The van der Waals surface area contributed by atoms with Crippen molar-refractivity contribution in [3.8, 4) is 0 Å². The minimum absolute atomic E-state index is 0.613. The lowest BCUT2D eigenvalue weighted by Gasteiger charge is -2.10. The molecule has 16 heavy (non-hydrogen) atoms. The number of aromatic nitrogens is 3. The molecule has 0 fully saturated rings. The number of alkyl halides is 1. The summed E-state index contributed by atoms with van der Waals surface area (Å²) < 4.78 is 2.04. The van der Waals surface area contributed by atoms with Gasteiger partial charge in [0.2, 0.25) is 0 Å². The molecule has 0 bridgehead atoms. The summed E-state index contributed by atoms with van der Waals surface area (Å²) in [6, 6.07) is 0. The summed E-state index contributed by atoms with van der Waals surface area (Å²) in [4.78, 5) is 4.95. The summed E-state index contributed by atoms with van der Waals surface area (Å²) in [7, 11) is 0. The van der Waals surface area contributed by atoms with Gasteiger partial charge in [0.15, 0.2) is 0 Å². The van der Waals surface area contributed by atoms with Crippen molar-refractivity contribution in [2.24, 2.45) is 5.92 Å². The van der Waals surface area contributed by atoms with E-state index in [2.05, 4.69) is 46.8 Å². The predicted molar refractivity (Wildman–Crippen MR) is 70.8 cm³/mol. The zero-order valence-electron chi connectivity index (χ0n) is 10.5. The van der Waals surface area contributed by atoms with E-state index >= 15 is 0 Å². The molecule has 0 saturated carbocycles. The molecule has 0 radical (unpaired) electrons. The molecule has 0 amide bonds. The Hall–Kier alpha value is -0.380. The van der Waals surface area contributed by atoms with Gasteiger partial charge in [0, 0.05) is 17.8 Å². The van der Waals surface area contributed by atoms with Gasteiger partial charge in [-0.05, 0) is 18.8 Å². The molecule has 1 aromatic heterocycles. The van der Waals surface area contributed by atoms with Crippen LogP contribution in [0.4, 0.5) is 0 Å². The van der Waals surface area contributed by atoms with Crippen LogP contribution in [-0.2, 0) is 13.0 Å². The largest absolute Gasteiger partial charge is 0.250 e. The standard InChI is InChI=1S/C12H22BrN3/c1-4-5-11(13)6-7-12-14-9-15-16(12)8-10(2)3/h9-11H,4-8H2,1-3H3. The van der Waals surface area contributed by atoms with Crippen LogP contribution in [0.3, 0.4) is 0 Å². The lowest BCUT2D eigenvalue weighted by molar-refractivity contribution is 0.462. The molecule has 1 atom stereocenters. The maximum Gasteiger partial charge on any atom is 0.138 e. The fourth-order valence-electron chi connectivity index (χ4n) is 1.72. The summed E-state index contributed by atoms with van der Waals surface area (Å²) in [6.45, 7) is 7.59. The van der Waals surface area contributed by atoms with E-state index in [1.54, 1.807) is 6.33 Å². The lowest BCUT2D eigenvalue weighted by atomic mass is 10.1. The average Bonchev–Trinajstić information content (AvgIpc) is 2.62. The van der Waals surface area contributed by atoms with Crippen LogP contribution in [0.5, 0.6) is 0 Å². The molecule has 0 spiro atoms. The first-order chi connectivity index (χ1) is 7.63. The number of nitrogens with zero attached hydrogens (tertiary/aromatic N) is 3. The zero-order valence-corrected chi connectivity index (χ0v) is 12.1. The number of hydrogen-bond donors (Lipinski definition) is 0. The zero-order chi connectivity index (χ0) is 12.0. The Morgan fingerprint density at radius 1 is 1.38 bits per heavy atom. The van der Waals surface area contributed by atoms with Crippen LogP contribution in [0.25, 0.3) is 0 Å². The molecule has 1 rings (SSSR count). The molecule has 1 heterocycles. The molecule has 0 N–H and O–H groups in total. The first-order valence-electron chi connectivity index (χ1n) is 6.14. The lowest BCUT2D eigenvalue weighted by Crippen LogP contribution is -2.11. The fourth-order valence-corrected chi connectivity index (χ4v) is 2.41. The van der Waals surface area contributed by atoms with Gasteiger partial charge >= 0.3 is 0 Å². The normalized spacial score (nSPS) is 13.3. The smallest absolute Gasteiger partial charge is 0.138 e. The van der Waals surface area contributed by atoms with Gasteiger partial charge in [0.05, 0.1) is 0 Å². The Kier molecular flexibility index (Phi) is 6.03. The van der Waals surface area contributed by atoms with Crippen molar-refractivity contribution >= 4 is 15.9 Å². The van der Waals surface area contributed by atoms with Gasteiger partial charge in [-0.3, -0.25) is 0 Å². The first-order valence-corrected chi connectivity index (χ1v) is 7.05. The van der Waals surface area contributed by atoms with E-state index in [1.165, 1.54) is 12.8 Å². The number of halogens is 1. The third-order valence-electron chi connectivity index (χ3n) is 2.52. The molecular formula is C12H22BrN3. The molecule has 0 aliphatic carbocycles. The van der Waals surface area contributed by atoms with Gasteiger partial charge in [-0.1, -0.05) is 43.1 Å². The Bertz CT molecular complexity index is 296. The highest BCUT2D eigenvalue weighted by Crippen LogP contribution is 2.15. The van der Waals surface area contributed by atoms with E-state index < -0.39 is 0 Å². The first kappa shape index (κ1) is 13.7. The maximum atomic E-state index is 4.33. The minimum atomic E-state index is 0.613. The molecule has 0 aliphatic heterocycles. The molecule has 0 aliphatic rings. The van der Waals surface area contributed by atoms with Gasteiger partial charge in [0.25, 0.3) is 0 Å². The Labute approximate surface area is 107 Å². The number of rotatable bonds is 7. The Morgan fingerprint density at radius 3 is 2.75 bits per heavy atom. The fraction of sp³-hybridized carbons (Fsp3) is 0.833. The van der Waals surface area contributed by atoms with Crippen LogP contribution in [-0.4, -0.2) is 19.6 Å². The van der Waals surface area contributed by atoms with Crippen LogP contribution in [0.15, 0.2) is 6.33 Å². The molecule has 92 valence electrons. The summed E-state index contributed by atoms with van der Waals surface area (Å²) in [6.07, 6.45) is 6.29. The van der Waals surface area contributed by atoms with Crippen molar-refractivity contribution in [1.29, 1.82) is 0 Å². The molecular weight excluding hydrogens is 266 g/mol. The number of aryl methyl sites for hydroxylation is 1. The van der Waals surface area contributed by atoms with E-state index in [4.69, 9.17) is 0 Å². The van der Waals surface area contributed by atoms with Gasteiger partial charge < -0.3 is 0 Å². The van der Waals surface area contributed by atoms with E-state index in [0.29, 0.717) is 10.7 Å². The van der Waals surface area contributed by atoms with E-state index in [0.717, 1.165) is 25.2 Å². The SMILES string of the molecule is CCCC(Br)CCc1ncnn1CC(C)C. The molecule has 1 aromatic rings. The second-order valence-electron chi connectivity index (χ2n) is 4.68. The topological polar surface area (TPSA) is 30.7 Å². The van der Waals surface area contributed by atoms with Crippen LogP contribution >= 0.6 is 15.9 Å². The van der Waals surface area contributed by atoms with Crippen molar-refractivity contribution in [1.82, 2.24) is 14.8 Å². The average molecular weight is 288 g/mol. The van der Waals surface area contributed by atoms with Gasteiger partial charge in [0.1, 0.15) is 12.2 Å². The number of hydrogen-bond acceptors (Lipinski definition) is 2. The summed E-state index contributed by atoms with van der Waals surface area (Å²) in [5.74, 6) is 1.74. The van der Waals surface area contributed by atoms with Gasteiger partial charge in [-0.25, -0.2) is 9.67 Å². The second kappa shape index (κ2) is 7.05. The van der Waals surface area contributed by atoms with Crippen molar-refractivity contribution in [2.75, 3.05) is 0 Å². The van der Waals surface area contributed by atoms with Crippen molar-refractivity contribution in [2.45, 2.75) is 57.8 Å². The highest BCUT2D eigenvalue weighted by molar-refractivity contribution is 9.09. The third-order valence-corrected chi connectivity index (χ3v) is 3.43. The molecule has 1 unspecified atom stereocenters. The van der Waals surface area contributed by atoms with Crippen LogP contribution in [0.2, 0.25) is 0 Å². The summed E-state index contributed by atoms with van der Waals surface area (Å²) in [5.41, 5.74) is 0. The molecule has 0 aromatic carbocycles. The van der Waals surface area contributed by atoms with Crippen molar-refractivity contribution in [3.05, 3.63) is 12.2 Å². The van der Waals surface area contributed by atoms with Crippen LogP contribution in [0.1, 0.15) is 45.9 Å². The molecule has 4 heteroatoms. The summed E-state index contributed by atoms with van der Waals surface area (Å²) in [5, 5.41) is 4.27. The van der Waals surface area contributed by atoms with Crippen molar-refractivity contribution < 1.29 is 0 Å². The quantitative estimate of drug-likeness (QED) is 0.720. The highest BCUT2D eigenvalue weighted by Gasteiger charge is 2.09. The van der Waals surface area contributed by atoms with Gasteiger partial charge in [-0.15, -0.1) is 0 Å². The second-order valence-corrected chi connectivity index (χ2v) is 5.97. The molecule has 0 saturated heterocycles. The third kappa shape index (κ3) is 4.64. The van der Waals surface area contributed by atoms with E-state index in [-0.39, 0.29) is 0 Å². The van der Waals surface area contributed by atoms with Crippen LogP contribution in [0, 0.1) is 5.92 Å². The van der Waals surface area contributed by atoms with E-state index in [9.17, 15) is 0 Å². The monoisotopic (exact) mass is 287 g/mol. The highest BCUT2D eigenvalue weighted by atomic mass is 79.9. The van der Waals surface area contributed by atoms with Gasteiger partial charge in [-0.2, -0.15) is 5.10 Å². The van der Waals surface area contributed by atoms with Crippen LogP contribution < -0.4 is 0 Å². The maximum absolute atomic E-state index is 4.33. The Balaban J connectivity index is 2.44. The van der Waals surface area contributed by atoms with Crippen molar-refractivity contribution in [3.63, 3.8) is 0 Å².